The number of carbonyl (C=O) groups is 1. The van der Waals surface area contributed by atoms with Crippen LogP contribution in [0.15, 0.2) is 0 Å². The first kappa shape index (κ1) is 13.1. The smallest absolute Gasteiger partial charge is 0.137 e. The Bertz CT molecular complexity index is 297. The number of rotatable bonds is 2. The average molecular weight is 237 g/mol. The summed E-state index contributed by atoms with van der Waals surface area (Å²) >= 11 is 0. The number of nitrogens with zero attached hydrogens (tertiary/aromatic N) is 1. The zero-order chi connectivity index (χ0) is 12.6. The van der Waals surface area contributed by atoms with Crippen molar-refractivity contribution in [3.8, 4) is 0 Å². The molecule has 3 atom stereocenters. The van der Waals surface area contributed by atoms with Crippen LogP contribution in [0.3, 0.4) is 0 Å². The Morgan fingerprint density at radius 3 is 2.65 bits per heavy atom. The Labute approximate surface area is 106 Å². The molecule has 2 nitrogen and oxygen atoms in total. The molecule has 2 rings (SSSR count). The van der Waals surface area contributed by atoms with Crippen LogP contribution in [0.4, 0.5) is 0 Å². The average Bonchev–Trinajstić information content (AvgIpc) is 2.51. The maximum atomic E-state index is 12.0. The van der Waals surface area contributed by atoms with Crippen LogP contribution in [0.5, 0.6) is 0 Å². The van der Waals surface area contributed by atoms with E-state index in [9.17, 15) is 4.79 Å². The summed E-state index contributed by atoms with van der Waals surface area (Å²) < 4.78 is 0. The fourth-order valence-electron chi connectivity index (χ4n) is 3.64. The number of likely N-dealkylation sites (tertiary alicyclic amines) is 1. The third kappa shape index (κ3) is 3.09. The first-order valence-corrected chi connectivity index (χ1v) is 7.14. The van der Waals surface area contributed by atoms with Crippen molar-refractivity contribution in [3.05, 3.63) is 0 Å². The number of carbonyl (C=O) groups excluding carboxylic acids is 1. The third-order valence-electron chi connectivity index (χ3n) is 4.67. The Hall–Kier alpha value is -0.370. The molecule has 0 radical (unpaired) electrons. The van der Waals surface area contributed by atoms with Crippen molar-refractivity contribution in [2.45, 2.75) is 59.4 Å². The van der Waals surface area contributed by atoms with Gasteiger partial charge >= 0.3 is 0 Å². The summed E-state index contributed by atoms with van der Waals surface area (Å²) in [5.41, 5.74) is 0.368. The van der Waals surface area contributed by atoms with Crippen LogP contribution in [-0.2, 0) is 4.79 Å². The van der Waals surface area contributed by atoms with Gasteiger partial charge in [0.1, 0.15) is 5.78 Å². The fourth-order valence-corrected chi connectivity index (χ4v) is 3.64. The molecule has 2 fully saturated rings. The number of hydrogen-bond acceptors (Lipinski definition) is 2. The topological polar surface area (TPSA) is 20.3 Å². The molecule has 1 aliphatic heterocycles. The Kier molecular flexibility index (Phi) is 3.63. The predicted octanol–water partition coefficient (Wildman–Crippen LogP) is 3.11. The highest BCUT2D eigenvalue weighted by molar-refractivity contribution is 5.82. The lowest BCUT2D eigenvalue weighted by Gasteiger charge is -2.36. The van der Waals surface area contributed by atoms with Gasteiger partial charge in [-0.05, 0) is 37.5 Å². The van der Waals surface area contributed by atoms with Crippen LogP contribution in [0.25, 0.3) is 0 Å². The second kappa shape index (κ2) is 4.72. The zero-order valence-electron chi connectivity index (χ0n) is 11.8. The molecule has 1 heterocycles. The maximum absolute atomic E-state index is 12.0. The summed E-state index contributed by atoms with van der Waals surface area (Å²) in [6, 6.07) is 0.669. The number of ketones is 1. The van der Waals surface area contributed by atoms with E-state index in [0.29, 0.717) is 23.2 Å². The normalized spacial score (nSPS) is 38.6. The summed E-state index contributed by atoms with van der Waals surface area (Å²) in [4.78, 5) is 14.6. The van der Waals surface area contributed by atoms with Crippen molar-refractivity contribution in [1.29, 1.82) is 0 Å². The van der Waals surface area contributed by atoms with Gasteiger partial charge in [-0.3, -0.25) is 9.69 Å². The van der Waals surface area contributed by atoms with Gasteiger partial charge in [0, 0.05) is 31.5 Å². The second-order valence-corrected chi connectivity index (χ2v) is 7.18. The lowest BCUT2D eigenvalue weighted by molar-refractivity contribution is -0.127. The summed E-state index contributed by atoms with van der Waals surface area (Å²) in [6.45, 7) is 11.4. The van der Waals surface area contributed by atoms with Crippen molar-refractivity contribution in [2.24, 2.45) is 17.3 Å². The molecule has 0 aromatic carbocycles. The van der Waals surface area contributed by atoms with Gasteiger partial charge in [-0.2, -0.15) is 0 Å². The van der Waals surface area contributed by atoms with E-state index in [1.165, 1.54) is 13.0 Å². The molecule has 0 aromatic heterocycles. The molecule has 0 N–H and O–H groups in total. The molecule has 1 aliphatic carbocycles. The molecular weight excluding hydrogens is 210 g/mol. The Morgan fingerprint density at radius 1 is 1.35 bits per heavy atom. The van der Waals surface area contributed by atoms with E-state index < -0.39 is 0 Å². The zero-order valence-corrected chi connectivity index (χ0v) is 11.8. The largest absolute Gasteiger partial charge is 0.300 e. The highest BCUT2D eigenvalue weighted by atomic mass is 16.1. The van der Waals surface area contributed by atoms with Gasteiger partial charge in [-0.25, -0.2) is 0 Å². The van der Waals surface area contributed by atoms with Gasteiger partial charge in [-0.1, -0.05) is 20.8 Å². The maximum Gasteiger partial charge on any atom is 0.137 e. The molecule has 1 saturated heterocycles. The van der Waals surface area contributed by atoms with E-state index in [0.717, 1.165) is 31.7 Å². The molecule has 98 valence electrons. The molecule has 0 amide bonds. The molecule has 17 heavy (non-hydrogen) atoms. The van der Waals surface area contributed by atoms with Gasteiger partial charge in [0.15, 0.2) is 0 Å². The summed E-state index contributed by atoms with van der Waals surface area (Å²) in [6.07, 6.45) is 4.26. The van der Waals surface area contributed by atoms with E-state index in [4.69, 9.17) is 0 Å². The van der Waals surface area contributed by atoms with Crippen LogP contribution < -0.4 is 0 Å². The minimum Gasteiger partial charge on any atom is -0.300 e. The standard InChI is InChI=1S/C15H27NO/c1-11-7-12(2)16(9-11)10-13-8-15(3,4)6-5-14(13)17/h11-13H,5-10H2,1-4H3. The quantitative estimate of drug-likeness (QED) is 0.735. The van der Waals surface area contributed by atoms with E-state index in [1.807, 2.05) is 0 Å². The molecule has 0 aromatic rings. The summed E-state index contributed by atoms with van der Waals surface area (Å²) in [5.74, 6) is 1.61. The lowest BCUT2D eigenvalue weighted by atomic mass is 9.71. The van der Waals surface area contributed by atoms with Crippen LogP contribution in [0.1, 0.15) is 53.4 Å². The third-order valence-corrected chi connectivity index (χ3v) is 4.67. The van der Waals surface area contributed by atoms with Crippen molar-refractivity contribution in [1.82, 2.24) is 4.90 Å². The van der Waals surface area contributed by atoms with Gasteiger partial charge < -0.3 is 0 Å². The fraction of sp³-hybridized carbons (Fsp3) is 0.933. The SMILES string of the molecule is CC1CC(C)N(CC2CC(C)(C)CCC2=O)C1. The molecule has 0 bridgehead atoms. The van der Waals surface area contributed by atoms with Crippen LogP contribution in [0, 0.1) is 17.3 Å². The molecule has 2 heteroatoms. The second-order valence-electron chi connectivity index (χ2n) is 7.18. The van der Waals surface area contributed by atoms with Crippen LogP contribution >= 0.6 is 0 Å². The van der Waals surface area contributed by atoms with Crippen LogP contribution in [0.2, 0.25) is 0 Å². The molecular formula is C15H27NO. The van der Waals surface area contributed by atoms with E-state index in [1.54, 1.807) is 0 Å². The van der Waals surface area contributed by atoms with Crippen molar-refractivity contribution in [3.63, 3.8) is 0 Å². The van der Waals surface area contributed by atoms with Crippen molar-refractivity contribution < 1.29 is 4.79 Å². The van der Waals surface area contributed by atoms with Crippen molar-refractivity contribution in [2.75, 3.05) is 13.1 Å². The minimum absolute atomic E-state index is 0.298. The van der Waals surface area contributed by atoms with Gasteiger partial charge in [0.05, 0.1) is 0 Å². The molecule has 3 unspecified atom stereocenters. The summed E-state index contributed by atoms with van der Waals surface area (Å²) in [7, 11) is 0. The first-order chi connectivity index (χ1) is 7.87. The predicted molar refractivity (Wildman–Crippen MR) is 70.9 cm³/mol. The highest BCUT2D eigenvalue weighted by Crippen LogP contribution is 2.38. The molecule has 2 aliphatic rings. The van der Waals surface area contributed by atoms with Crippen LogP contribution in [-0.4, -0.2) is 29.8 Å². The van der Waals surface area contributed by atoms with E-state index in [2.05, 4.69) is 32.6 Å². The first-order valence-electron chi connectivity index (χ1n) is 7.14. The van der Waals surface area contributed by atoms with E-state index >= 15 is 0 Å². The van der Waals surface area contributed by atoms with Crippen molar-refractivity contribution >= 4 is 5.78 Å². The Morgan fingerprint density at radius 2 is 2.06 bits per heavy atom. The van der Waals surface area contributed by atoms with E-state index in [-0.39, 0.29) is 0 Å². The highest BCUT2D eigenvalue weighted by Gasteiger charge is 2.36. The molecule has 1 saturated carbocycles. The Balaban J connectivity index is 1.95. The number of Topliss-reactive ketones (excluding diaryl/α,β-unsaturated/α-hetero) is 1. The summed E-state index contributed by atoms with van der Waals surface area (Å²) in [5, 5.41) is 0. The monoisotopic (exact) mass is 237 g/mol. The van der Waals surface area contributed by atoms with Gasteiger partial charge in [0.2, 0.25) is 0 Å². The van der Waals surface area contributed by atoms with Gasteiger partial charge in [-0.15, -0.1) is 0 Å². The number of hydrogen-bond donors (Lipinski definition) is 0. The minimum atomic E-state index is 0.298. The van der Waals surface area contributed by atoms with Gasteiger partial charge in [0.25, 0.3) is 0 Å². The molecule has 0 spiro atoms. The lowest BCUT2D eigenvalue weighted by Crippen LogP contribution is -2.40.